The van der Waals surface area contributed by atoms with E-state index in [0.717, 1.165) is 45.1 Å². The minimum Gasteiger partial charge on any atom is -0.465 e. The highest BCUT2D eigenvalue weighted by molar-refractivity contribution is 5.69. The molecule has 0 aromatic rings. The summed E-state index contributed by atoms with van der Waals surface area (Å²) in [5.74, 6) is -0.633. The average molecular weight is 556 g/mol. The molecule has 1 amide bonds. The molecule has 8 nitrogen and oxygen atoms in total. The van der Waals surface area contributed by atoms with Crippen LogP contribution < -0.4 is 5.32 Å². The molecule has 0 saturated carbocycles. The molecule has 1 radical (unpaired) electrons. The minimum absolute atomic E-state index is 0.102. The first-order chi connectivity index (χ1) is 19.0. The van der Waals surface area contributed by atoms with Crippen LogP contribution in [0, 0.1) is 12.8 Å². The molecule has 39 heavy (non-hydrogen) atoms. The van der Waals surface area contributed by atoms with Crippen LogP contribution in [-0.2, 0) is 23.7 Å². The molecule has 1 aliphatic rings. The maximum atomic E-state index is 12.3. The van der Waals surface area contributed by atoms with Gasteiger partial charge in [-0.3, -0.25) is 4.79 Å². The number of hydrogen-bond acceptors (Lipinski definition) is 7. The van der Waals surface area contributed by atoms with Gasteiger partial charge in [0.15, 0.2) is 6.29 Å². The average Bonchev–Trinajstić information content (AvgIpc) is 3.35. The van der Waals surface area contributed by atoms with Gasteiger partial charge in [-0.1, -0.05) is 78.1 Å². The van der Waals surface area contributed by atoms with Crippen molar-refractivity contribution >= 4 is 12.1 Å². The van der Waals surface area contributed by atoms with Crippen molar-refractivity contribution in [1.82, 2.24) is 10.2 Å². The molecule has 1 aliphatic heterocycles. The molecule has 0 aliphatic carbocycles. The van der Waals surface area contributed by atoms with Crippen LogP contribution in [0.1, 0.15) is 117 Å². The number of amides is 1. The zero-order chi connectivity index (χ0) is 28.6. The Morgan fingerprint density at radius 2 is 1.44 bits per heavy atom. The van der Waals surface area contributed by atoms with E-state index in [2.05, 4.69) is 38.0 Å². The van der Waals surface area contributed by atoms with Gasteiger partial charge < -0.3 is 29.2 Å². The number of carbonyl (C=O) groups is 2. The number of ether oxygens (including phenoxy) is 4. The van der Waals surface area contributed by atoms with E-state index in [1.54, 1.807) is 0 Å². The molecule has 8 heteroatoms. The molecule has 0 bridgehead atoms. The second-order valence-electron chi connectivity index (χ2n) is 11.1. The van der Waals surface area contributed by atoms with Crippen molar-refractivity contribution in [2.75, 3.05) is 46.6 Å². The highest BCUT2D eigenvalue weighted by atomic mass is 16.7. The van der Waals surface area contributed by atoms with Crippen LogP contribution in [0.15, 0.2) is 0 Å². The Kier molecular flexibility index (Phi) is 22.3. The number of likely N-dealkylation sites (N-methyl/N-ethyl adjacent to an activating group) is 1. The number of nitrogens with one attached hydrogen (secondary N) is 1. The maximum Gasteiger partial charge on any atom is 0.407 e. The van der Waals surface area contributed by atoms with Gasteiger partial charge >= 0.3 is 12.1 Å². The van der Waals surface area contributed by atoms with E-state index in [1.165, 1.54) is 51.4 Å². The summed E-state index contributed by atoms with van der Waals surface area (Å²) in [6.45, 7) is 11.5. The molecule has 1 rings (SSSR count). The van der Waals surface area contributed by atoms with Crippen molar-refractivity contribution < 1.29 is 28.5 Å². The molecule has 229 valence electrons. The van der Waals surface area contributed by atoms with Crippen LogP contribution >= 0.6 is 0 Å². The van der Waals surface area contributed by atoms with Crippen molar-refractivity contribution in [1.29, 1.82) is 0 Å². The molecule has 1 N–H and O–H groups in total. The van der Waals surface area contributed by atoms with Gasteiger partial charge in [0.2, 0.25) is 0 Å². The van der Waals surface area contributed by atoms with Crippen LogP contribution in [0.4, 0.5) is 4.79 Å². The fourth-order valence-electron chi connectivity index (χ4n) is 4.66. The third-order valence-corrected chi connectivity index (χ3v) is 7.27. The largest absolute Gasteiger partial charge is 0.465 e. The van der Waals surface area contributed by atoms with E-state index in [9.17, 15) is 9.59 Å². The Balaban J connectivity index is 2.22. The lowest BCUT2D eigenvalue weighted by molar-refractivity contribution is -0.160. The lowest BCUT2D eigenvalue weighted by atomic mass is 10.1. The van der Waals surface area contributed by atoms with E-state index in [0.29, 0.717) is 32.2 Å². The first-order valence-electron chi connectivity index (χ1n) is 15.8. The Hall–Kier alpha value is -1.38. The van der Waals surface area contributed by atoms with Crippen molar-refractivity contribution in [2.45, 2.75) is 129 Å². The Morgan fingerprint density at radius 1 is 0.872 bits per heavy atom. The van der Waals surface area contributed by atoms with E-state index >= 15 is 0 Å². The Labute approximate surface area is 239 Å². The van der Waals surface area contributed by atoms with Crippen molar-refractivity contribution in [3.8, 4) is 0 Å². The van der Waals surface area contributed by atoms with Crippen molar-refractivity contribution in [3.63, 3.8) is 0 Å². The summed E-state index contributed by atoms with van der Waals surface area (Å²) in [7, 11) is 2.07. The number of unbranched alkanes of at least 4 members (excludes halogenated alkanes) is 10. The van der Waals surface area contributed by atoms with Gasteiger partial charge in [0.25, 0.3) is 0 Å². The molecule has 0 spiro atoms. The second kappa shape index (κ2) is 24.4. The van der Waals surface area contributed by atoms with Gasteiger partial charge in [0.1, 0.15) is 0 Å². The highest BCUT2D eigenvalue weighted by Gasteiger charge is 2.21. The minimum atomic E-state index is -0.455. The maximum absolute atomic E-state index is 12.3. The van der Waals surface area contributed by atoms with E-state index in [4.69, 9.17) is 18.9 Å². The third kappa shape index (κ3) is 20.2. The van der Waals surface area contributed by atoms with Gasteiger partial charge in [-0.25, -0.2) is 4.79 Å². The van der Waals surface area contributed by atoms with Gasteiger partial charge in [0, 0.05) is 38.1 Å². The van der Waals surface area contributed by atoms with Gasteiger partial charge in [0.05, 0.1) is 19.6 Å². The van der Waals surface area contributed by atoms with Gasteiger partial charge in [-0.05, 0) is 46.2 Å². The first-order valence-corrected chi connectivity index (χ1v) is 15.8. The summed E-state index contributed by atoms with van der Waals surface area (Å²) in [5, 5.41) is 2.81. The summed E-state index contributed by atoms with van der Waals surface area (Å²) >= 11 is 0. The lowest BCUT2D eigenvalue weighted by Gasteiger charge is -2.20. The number of esters is 1. The number of rotatable bonds is 25. The van der Waals surface area contributed by atoms with Crippen molar-refractivity contribution in [3.05, 3.63) is 6.92 Å². The van der Waals surface area contributed by atoms with E-state index in [-0.39, 0.29) is 37.8 Å². The molecular weight excluding hydrogens is 496 g/mol. The number of nitrogens with zero attached hydrogens (tertiary/aromatic N) is 1. The number of hydrogen-bond donors (Lipinski definition) is 1. The predicted octanol–water partition coefficient (Wildman–Crippen LogP) is 6.66. The van der Waals surface area contributed by atoms with Crippen LogP contribution in [0.2, 0.25) is 0 Å². The quantitative estimate of drug-likeness (QED) is 0.0766. The van der Waals surface area contributed by atoms with Crippen LogP contribution in [0.3, 0.4) is 0 Å². The van der Waals surface area contributed by atoms with E-state index < -0.39 is 6.09 Å². The van der Waals surface area contributed by atoms with Crippen LogP contribution in [0.25, 0.3) is 0 Å². The molecule has 0 aromatic carbocycles. The first kappa shape index (κ1) is 35.6. The lowest BCUT2D eigenvalue weighted by Crippen LogP contribution is -2.38. The number of carbonyl (C=O) groups excluding carboxylic acids is 2. The van der Waals surface area contributed by atoms with Crippen LogP contribution in [0.5, 0.6) is 0 Å². The zero-order valence-electron chi connectivity index (χ0n) is 25.4. The number of likely N-dealkylation sites (tertiary alicyclic amines) is 1. The second-order valence-corrected chi connectivity index (χ2v) is 11.1. The summed E-state index contributed by atoms with van der Waals surface area (Å²) < 4.78 is 22.6. The van der Waals surface area contributed by atoms with Gasteiger partial charge in [-0.15, -0.1) is 0 Å². The fraction of sp³-hybridized carbons (Fsp3) is 0.903. The molecule has 1 heterocycles. The standard InChI is InChI=1S/C31H59N2O6/c1-5-7-9-11-13-15-22-36-30(37-23-16-14-12-10-8-6-2)20-19-29(34)38-25-27(3)26-39-31(35)32-24-28-18-17-21-33(28)4/h27-28,30H,3,5-26H2,1-2,4H3,(H,32,35). The molecule has 1 fully saturated rings. The van der Waals surface area contributed by atoms with E-state index in [1.807, 2.05) is 0 Å². The zero-order valence-corrected chi connectivity index (χ0v) is 25.4. The smallest absolute Gasteiger partial charge is 0.407 e. The Morgan fingerprint density at radius 3 is 2.00 bits per heavy atom. The summed E-state index contributed by atoms with van der Waals surface area (Å²) in [6, 6.07) is 0.363. The normalized spacial score (nSPS) is 16.5. The fourth-order valence-corrected chi connectivity index (χ4v) is 4.66. The molecule has 1 saturated heterocycles. The highest BCUT2D eigenvalue weighted by Crippen LogP contribution is 2.14. The Bertz CT molecular complexity index is 588. The van der Waals surface area contributed by atoms with Gasteiger partial charge in [-0.2, -0.15) is 0 Å². The summed E-state index contributed by atoms with van der Waals surface area (Å²) in [4.78, 5) is 26.5. The van der Waals surface area contributed by atoms with Crippen molar-refractivity contribution in [2.24, 2.45) is 5.92 Å². The topological polar surface area (TPSA) is 86.3 Å². The molecule has 2 unspecified atom stereocenters. The molecular formula is C31H59N2O6. The third-order valence-electron chi connectivity index (χ3n) is 7.27. The molecule has 0 aromatic heterocycles. The SMILES string of the molecule is [CH2]C(COC(=O)CCC(OCCCCCCCC)OCCCCCCCC)COC(=O)NCC1CCCN1C. The predicted molar refractivity (Wildman–Crippen MR) is 156 cm³/mol. The summed E-state index contributed by atoms with van der Waals surface area (Å²) in [6.07, 6.45) is 16.6. The molecule has 2 atom stereocenters. The van der Waals surface area contributed by atoms with Crippen LogP contribution in [-0.4, -0.2) is 75.9 Å². The number of alkyl carbamates (subject to hydrolysis) is 1. The monoisotopic (exact) mass is 555 g/mol. The summed E-state index contributed by atoms with van der Waals surface area (Å²) in [5.41, 5.74) is 0.